The molecule has 0 unspecified atom stereocenters. The number of nitrogens with zero attached hydrogens (tertiary/aromatic N) is 1. The minimum absolute atomic E-state index is 0.0881. The molecule has 1 N–H and O–H groups in total. The van der Waals surface area contributed by atoms with Crippen LogP contribution in [0.5, 0.6) is 0 Å². The van der Waals surface area contributed by atoms with Gasteiger partial charge in [-0.1, -0.05) is 6.92 Å². The molecular formula is C12H12F3NO2. The molecular weight excluding hydrogens is 247 g/mol. The fourth-order valence-electron chi connectivity index (χ4n) is 2.05. The zero-order chi connectivity index (χ0) is 13.5. The lowest BCUT2D eigenvalue weighted by Gasteiger charge is -2.40. The molecule has 98 valence electrons. The minimum atomic E-state index is -4.46. The summed E-state index contributed by atoms with van der Waals surface area (Å²) >= 11 is 0. The van der Waals surface area contributed by atoms with Crippen LogP contribution in [-0.2, 0) is 6.18 Å². The van der Waals surface area contributed by atoms with Crippen molar-refractivity contribution in [3.63, 3.8) is 0 Å². The first kappa shape index (κ1) is 12.7. The molecule has 0 atom stereocenters. The molecule has 3 nitrogen and oxygen atoms in total. The molecule has 0 radical (unpaired) electrons. The van der Waals surface area contributed by atoms with E-state index in [1.807, 2.05) is 6.92 Å². The Hall–Kier alpha value is -1.72. The standard InChI is InChI=1S/C12H12F3NO2/c1-7-5-16(6-7)10-4-8(12(13,14)15)2-3-9(10)11(17)18/h2-4,7H,5-6H2,1H3,(H,17,18). The lowest BCUT2D eigenvalue weighted by molar-refractivity contribution is -0.137. The Bertz CT molecular complexity index is 479. The third kappa shape index (κ3) is 2.27. The average Bonchev–Trinajstić information content (AvgIpc) is 2.22. The molecule has 0 spiro atoms. The minimum Gasteiger partial charge on any atom is -0.478 e. The lowest BCUT2D eigenvalue weighted by Crippen LogP contribution is -2.45. The van der Waals surface area contributed by atoms with Crippen molar-refractivity contribution in [2.75, 3.05) is 18.0 Å². The lowest BCUT2D eigenvalue weighted by atomic mass is 9.98. The zero-order valence-corrected chi connectivity index (χ0v) is 9.66. The summed E-state index contributed by atoms with van der Waals surface area (Å²) in [5.41, 5.74) is -0.757. The largest absolute Gasteiger partial charge is 0.478 e. The molecule has 2 rings (SSSR count). The molecule has 1 aromatic carbocycles. The van der Waals surface area contributed by atoms with Gasteiger partial charge in [-0.05, 0) is 24.1 Å². The van der Waals surface area contributed by atoms with Crippen molar-refractivity contribution in [1.29, 1.82) is 0 Å². The summed E-state index contributed by atoms with van der Waals surface area (Å²) in [4.78, 5) is 12.7. The highest BCUT2D eigenvalue weighted by Gasteiger charge is 2.34. The smallest absolute Gasteiger partial charge is 0.416 e. The van der Waals surface area contributed by atoms with E-state index in [1.54, 1.807) is 4.90 Å². The van der Waals surface area contributed by atoms with Crippen LogP contribution in [0.25, 0.3) is 0 Å². The number of carboxylic acids is 1. The van der Waals surface area contributed by atoms with Crippen LogP contribution in [-0.4, -0.2) is 24.2 Å². The monoisotopic (exact) mass is 259 g/mol. The normalized spacial score (nSPS) is 16.6. The maximum Gasteiger partial charge on any atom is 0.416 e. The van der Waals surface area contributed by atoms with E-state index in [9.17, 15) is 18.0 Å². The number of anilines is 1. The Kier molecular flexibility index (Phi) is 2.96. The van der Waals surface area contributed by atoms with Crippen LogP contribution in [0.2, 0.25) is 0 Å². The molecule has 0 aromatic heterocycles. The maximum absolute atomic E-state index is 12.6. The number of hydrogen-bond donors (Lipinski definition) is 1. The van der Waals surface area contributed by atoms with Crippen LogP contribution >= 0.6 is 0 Å². The number of benzene rings is 1. The van der Waals surface area contributed by atoms with E-state index in [-0.39, 0.29) is 11.3 Å². The highest BCUT2D eigenvalue weighted by atomic mass is 19.4. The molecule has 18 heavy (non-hydrogen) atoms. The Morgan fingerprint density at radius 2 is 2.00 bits per heavy atom. The number of carboxylic acid groups (broad SMARTS) is 1. The quantitative estimate of drug-likeness (QED) is 0.887. The fourth-order valence-corrected chi connectivity index (χ4v) is 2.05. The van der Waals surface area contributed by atoms with E-state index in [1.165, 1.54) is 0 Å². The fraction of sp³-hybridized carbons (Fsp3) is 0.417. The summed E-state index contributed by atoms with van der Waals surface area (Å²) in [5, 5.41) is 8.99. The van der Waals surface area contributed by atoms with Crippen LogP contribution in [0.1, 0.15) is 22.8 Å². The highest BCUT2D eigenvalue weighted by Crippen LogP contribution is 2.35. The topological polar surface area (TPSA) is 40.5 Å². The van der Waals surface area contributed by atoms with Crippen LogP contribution in [0.15, 0.2) is 18.2 Å². The van der Waals surface area contributed by atoms with E-state index >= 15 is 0 Å². The molecule has 6 heteroatoms. The number of hydrogen-bond acceptors (Lipinski definition) is 2. The number of halogens is 3. The summed E-state index contributed by atoms with van der Waals surface area (Å²) in [7, 11) is 0. The van der Waals surface area contributed by atoms with Crippen LogP contribution < -0.4 is 4.90 Å². The van der Waals surface area contributed by atoms with Crippen molar-refractivity contribution in [1.82, 2.24) is 0 Å². The van der Waals surface area contributed by atoms with Crippen molar-refractivity contribution in [2.45, 2.75) is 13.1 Å². The first-order valence-electron chi connectivity index (χ1n) is 5.48. The van der Waals surface area contributed by atoms with Crippen LogP contribution in [0, 0.1) is 5.92 Å². The SMILES string of the molecule is CC1CN(c2cc(C(F)(F)F)ccc2C(=O)O)C1. The van der Waals surface area contributed by atoms with Gasteiger partial charge in [0.1, 0.15) is 0 Å². The van der Waals surface area contributed by atoms with Gasteiger partial charge in [-0.3, -0.25) is 0 Å². The third-order valence-corrected chi connectivity index (χ3v) is 2.96. The van der Waals surface area contributed by atoms with Gasteiger partial charge in [-0.2, -0.15) is 13.2 Å². The molecule has 0 saturated carbocycles. The summed E-state index contributed by atoms with van der Waals surface area (Å²) in [6.45, 7) is 3.13. The van der Waals surface area contributed by atoms with E-state index in [0.717, 1.165) is 18.2 Å². The van der Waals surface area contributed by atoms with Gasteiger partial charge in [-0.25, -0.2) is 4.79 Å². The van der Waals surface area contributed by atoms with Crippen molar-refractivity contribution in [3.8, 4) is 0 Å². The van der Waals surface area contributed by atoms with Crippen LogP contribution in [0.4, 0.5) is 18.9 Å². The zero-order valence-electron chi connectivity index (χ0n) is 9.66. The number of rotatable bonds is 2. The summed E-state index contributed by atoms with van der Waals surface area (Å²) < 4.78 is 37.8. The third-order valence-electron chi connectivity index (χ3n) is 2.96. The van der Waals surface area contributed by atoms with E-state index in [4.69, 9.17) is 5.11 Å². The molecule has 1 aromatic rings. The van der Waals surface area contributed by atoms with Gasteiger partial charge in [-0.15, -0.1) is 0 Å². The Morgan fingerprint density at radius 1 is 1.39 bits per heavy atom. The average molecular weight is 259 g/mol. The van der Waals surface area contributed by atoms with E-state index in [2.05, 4.69) is 0 Å². The molecule has 0 amide bonds. The molecule has 0 bridgehead atoms. The van der Waals surface area contributed by atoms with Crippen molar-refractivity contribution < 1.29 is 23.1 Å². The molecule has 1 saturated heterocycles. The molecule has 1 heterocycles. The summed E-state index contributed by atoms with van der Waals surface area (Å²) in [6.07, 6.45) is -4.46. The predicted molar refractivity (Wildman–Crippen MR) is 59.8 cm³/mol. The number of carbonyl (C=O) groups is 1. The van der Waals surface area contributed by atoms with Crippen molar-refractivity contribution in [3.05, 3.63) is 29.3 Å². The Balaban J connectivity index is 2.42. The molecule has 1 aliphatic heterocycles. The summed E-state index contributed by atoms with van der Waals surface area (Å²) in [6, 6.07) is 2.73. The first-order chi connectivity index (χ1) is 8.29. The van der Waals surface area contributed by atoms with Crippen molar-refractivity contribution >= 4 is 11.7 Å². The highest BCUT2D eigenvalue weighted by molar-refractivity contribution is 5.94. The van der Waals surface area contributed by atoms with E-state index in [0.29, 0.717) is 19.0 Å². The Morgan fingerprint density at radius 3 is 2.44 bits per heavy atom. The van der Waals surface area contributed by atoms with Gasteiger partial charge in [0.15, 0.2) is 0 Å². The van der Waals surface area contributed by atoms with Crippen molar-refractivity contribution in [2.24, 2.45) is 5.92 Å². The predicted octanol–water partition coefficient (Wildman–Crippen LogP) is 2.86. The van der Waals surface area contributed by atoms with Crippen LogP contribution in [0.3, 0.4) is 0 Å². The van der Waals surface area contributed by atoms with Gasteiger partial charge >= 0.3 is 12.1 Å². The van der Waals surface area contributed by atoms with E-state index < -0.39 is 17.7 Å². The second-order valence-electron chi connectivity index (χ2n) is 4.54. The second-order valence-corrected chi connectivity index (χ2v) is 4.54. The van der Waals surface area contributed by atoms with Gasteiger partial charge in [0, 0.05) is 13.1 Å². The molecule has 0 aliphatic carbocycles. The Labute approximate surface area is 102 Å². The summed E-state index contributed by atoms with van der Waals surface area (Å²) in [5.74, 6) is -0.834. The van der Waals surface area contributed by atoms with Gasteiger partial charge < -0.3 is 10.0 Å². The number of alkyl halides is 3. The second kappa shape index (κ2) is 4.19. The molecule has 1 aliphatic rings. The number of aromatic carboxylic acids is 1. The van der Waals surface area contributed by atoms with Gasteiger partial charge in [0.05, 0.1) is 16.8 Å². The van der Waals surface area contributed by atoms with Gasteiger partial charge in [0.25, 0.3) is 0 Å². The maximum atomic E-state index is 12.6. The molecule has 1 fully saturated rings. The van der Waals surface area contributed by atoms with Gasteiger partial charge in [0.2, 0.25) is 0 Å². The first-order valence-corrected chi connectivity index (χ1v) is 5.48.